The fraction of sp³-hybridized carbons (Fsp3) is 0.444. The monoisotopic (exact) mass is 394 g/mol. The molecule has 9 heteroatoms. The molecule has 1 aliphatic rings. The van der Waals surface area contributed by atoms with E-state index in [-0.39, 0.29) is 36.1 Å². The number of amides is 1. The quantitative estimate of drug-likeness (QED) is 0.835. The normalized spacial score (nSPS) is 15.9. The van der Waals surface area contributed by atoms with Crippen LogP contribution in [0.2, 0.25) is 0 Å². The molecule has 2 heterocycles. The van der Waals surface area contributed by atoms with Crippen LogP contribution in [0.3, 0.4) is 0 Å². The Morgan fingerprint density at radius 1 is 1.22 bits per heavy atom. The maximum atomic E-state index is 13.2. The fourth-order valence-corrected chi connectivity index (χ4v) is 5.08. The molecule has 0 radical (unpaired) electrons. The van der Waals surface area contributed by atoms with Crippen LogP contribution in [0.15, 0.2) is 29.2 Å². The van der Waals surface area contributed by atoms with Crippen LogP contribution in [0.25, 0.3) is 0 Å². The van der Waals surface area contributed by atoms with Crippen LogP contribution in [-0.4, -0.2) is 59.9 Å². The van der Waals surface area contributed by atoms with Crippen LogP contribution < -0.4 is 0 Å². The van der Waals surface area contributed by atoms with Gasteiger partial charge in [0.25, 0.3) is 0 Å². The molecule has 7 nitrogen and oxygen atoms in total. The highest BCUT2D eigenvalue weighted by atomic mass is 32.2. The SMILES string of the molecule is Cc1n[nH]c(C)c1S(=O)(=O)N1CCN(C(=O)CCc2cccc(F)c2)CC1. The number of sulfonamides is 1. The number of H-pyrrole nitrogens is 1. The zero-order chi connectivity index (χ0) is 19.6. The number of benzene rings is 1. The zero-order valence-electron chi connectivity index (χ0n) is 15.4. The standard InChI is InChI=1S/C18H23FN4O3S/c1-13-18(14(2)21-20-13)27(25,26)23-10-8-22(9-11-23)17(24)7-6-15-4-3-5-16(19)12-15/h3-5,12H,6-11H2,1-2H3,(H,20,21). The first-order valence-electron chi connectivity index (χ1n) is 8.83. The molecule has 1 aromatic heterocycles. The molecule has 0 atom stereocenters. The predicted molar refractivity (Wildman–Crippen MR) is 98.1 cm³/mol. The van der Waals surface area contributed by atoms with E-state index in [1.54, 1.807) is 30.9 Å². The first-order valence-corrected chi connectivity index (χ1v) is 10.3. The molecular formula is C18H23FN4O3S. The largest absolute Gasteiger partial charge is 0.340 e. The van der Waals surface area contributed by atoms with E-state index in [0.717, 1.165) is 5.56 Å². The summed E-state index contributed by atoms with van der Waals surface area (Å²) in [7, 11) is -3.63. The van der Waals surface area contributed by atoms with Crippen LogP contribution in [0, 0.1) is 19.7 Å². The van der Waals surface area contributed by atoms with E-state index in [9.17, 15) is 17.6 Å². The molecule has 0 spiro atoms. The molecule has 0 aliphatic carbocycles. The lowest BCUT2D eigenvalue weighted by Gasteiger charge is -2.34. The van der Waals surface area contributed by atoms with Crippen molar-refractivity contribution in [3.63, 3.8) is 0 Å². The van der Waals surface area contributed by atoms with E-state index in [2.05, 4.69) is 10.2 Å². The number of aromatic nitrogens is 2. The number of nitrogens with zero attached hydrogens (tertiary/aromatic N) is 3. The Labute approximate surface area is 158 Å². The number of hydrogen-bond donors (Lipinski definition) is 1. The highest BCUT2D eigenvalue weighted by molar-refractivity contribution is 7.89. The number of rotatable bonds is 5. The van der Waals surface area contributed by atoms with E-state index < -0.39 is 10.0 Å². The van der Waals surface area contributed by atoms with Gasteiger partial charge in [0.15, 0.2) is 0 Å². The number of piperazine rings is 1. The molecule has 27 heavy (non-hydrogen) atoms. The van der Waals surface area contributed by atoms with Gasteiger partial charge in [-0.1, -0.05) is 12.1 Å². The first-order chi connectivity index (χ1) is 12.8. The van der Waals surface area contributed by atoms with Crippen molar-refractivity contribution in [3.05, 3.63) is 47.0 Å². The molecule has 0 unspecified atom stereocenters. The van der Waals surface area contributed by atoms with Crippen molar-refractivity contribution >= 4 is 15.9 Å². The maximum absolute atomic E-state index is 13.2. The number of carbonyl (C=O) groups is 1. The summed E-state index contributed by atoms with van der Waals surface area (Å²) >= 11 is 0. The Morgan fingerprint density at radius 3 is 2.52 bits per heavy atom. The van der Waals surface area contributed by atoms with Crippen LogP contribution in [0.1, 0.15) is 23.4 Å². The van der Waals surface area contributed by atoms with Gasteiger partial charge >= 0.3 is 0 Å². The zero-order valence-corrected chi connectivity index (χ0v) is 16.2. The molecule has 0 bridgehead atoms. The third-order valence-electron chi connectivity index (χ3n) is 4.77. The van der Waals surface area contributed by atoms with E-state index >= 15 is 0 Å². The Hall–Kier alpha value is -2.26. The summed E-state index contributed by atoms with van der Waals surface area (Å²) in [5.74, 6) is -0.365. The van der Waals surface area contributed by atoms with Crippen LogP contribution in [-0.2, 0) is 21.2 Å². The Kier molecular flexibility index (Phi) is 5.61. The molecular weight excluding hydrogens is 371 g/mol. The van der Waals surface area contributed by atoms with Gasteiger partial charge in [0.2, 0.25) is 15.9 Å². The van der Waals surface area contributed by atoms with Gasteiger partial charge in [0.05, 0.1) is 11.4 Å². The lowest BCUT2D eigenvalue weighted by Crippen LogP contribution is -2.50. The molecule has 146 valence electrons. The maximum Gasteiger partial charge on any atom is 0.246 e. The van der Waals surface area contributed by atoms with Crippen molar-refractivity contribution in [3.8, 4) is 0 Å². The highest BCUT2D eigenvalue weighted by Crippen LogP contribution is 2.23. The second kappa shape index (κ2) is 7.77. The van der Waals surface area contributed by atoms with Gasteiger partial charge in [-0.25, -0.2) is 12.8 Å². The van der Waals surface area contributed by atoms with E-state index in [1.165, 1.54) is 16.4 Å². The molecule has 1 aliphatic heterocycles. The summed E-state index contributed by atoms with van der Waals surface area (Å²) in [4.78, 5) is 14.3. The van der Waals surface area contributed by atoms with E-state index in [4.69, 9.17) is 0 Å². The number of aromatic amines is 1. The van der Waals surface area contributed by atoms with Gasteiger partial charge in [-0.05, 0) is 38.0 Å². The first kappa shape index (κ1) is 19.5. The van der Waals surface area contributed by atoms with Gasteiger partial charge in [-0.3, -0.25) is 9.89 Å². The summed E-state index contributed by atoms with van der Waals surface area (Å²) in [6.45, 7) is 4.52. The summed E-state index contributed by atoms with van der Waals surface area (Å²) in [5, 5.41) is 6.66. The van der Waals surface area contributed by atoms with E-state index in [1.807, 2.05) is 0 Å². The number of aryl methyl sites for hydroxylation is 3. The van der Waals surface area contributed by atoms with Gasteiger partial charge < -0.3 is 4.90 Å². The Bertz CT molecular complexity index is 914. The van der Waals surface area contributed by atoms with Crippen LogP contribution in [0.4, 0.5) is 4.39 Å². The Balaban J connectivity index is 1.57. The van der Waals surface area contributed by atoms with Crippen LogP contribution >= 0.6 is 0 Å². The Morgan fingerprint density at radius 2 is 1.93 bits per heavy atom. The van der Waals surface area contributed by atoms with Gasteiger partial charge in [0.1, 0.15) is 10.7 Å². The summed E-state index contributed by atoms with van der Waals surface area (Å²) in [6.07, 6.45) is 0.735. The number of halogens is 1. The van der Waals surface area contributed by atoms with Crippen molar-refractivity contribution in [2.24, 2.45) is 0 Å². The average Bonchev–Trinajstić information content (AvgIpc) is 2.99. The lowest BCUT2D eigenvalue weighted by atomic mass is 10.1. The smallest absolute Gasteiger partial charge is 0.246 e. The van der Waals surface area contributed by atoms with Gasteiger partial charge in [-0.15, -0.1) is 0 Å². The summed E-state index contributed by atoms with van der Waals surface area (Å²) in [5.41, 5.74) is 1.73. The number of carbonyl (C=O) groups excluding carboxylic acids is 1. The third-order valence-corrected chi connectivity index (χ3v) is 6.93. The molecule has 1 amide bonds. The van der Waals surface area contributed by atoms with Crippen molar-refractivity contribution < 1.29 is 17.6 Å². The molecule has 1 saturated heterocycles. The van der Waals surface area contributed by atoms with Crippen molar-refractivity contribution in [1.82, 2.24) is 19.4 Å². The lowest BCUT2D eigenvalue weighted by molar-refractivity contribution is -0.132. The predicted octanol–water partition coefficient (Wildman–Crippen LogP) is 1.63. The molecule has 1 fully saturated rings. The van der Waals surface area contributed by atoms with Crippen molar-refractivity contribution in [2.75, 3.05) is 26.2 Å². The number of nitrogens with one attached hydrogen (secondary N) is 1. The summed E-state index contributed by atoms with van der Waals surface area (Å²) in [6, 6.07) is 6.21. The van der Waals surface area contributed by atoms with Crippen molar-refractivity contribution in [2.45, 2.75) is 31.6 Å². The van der Waals surface area contributed by atoms with Gasteiger partial charge in [-0.2, -0.15) is 9.40 Å². The third kappa shape index (κ3) is 4.19. The molecule has 1 N–H and O–H groups in total. The fourth-order valence-electron chi connectivity index (χ4n) is 3.33. The number of hydrogen-bond acceptors (Lipinski definition) is 4. The minimum absolute atomic E-state index is 0.0491. The second-order valence-electron chi connectivity index (χ2n) is 6.68. The van der Waals surface area contributed by atoms with Crippen molar-refractivity contribution in [1.29, 1.82) is 0 Å². The summed E-state index contributed by atoms with van der Waals surface area (Å²) < 4.78 is 40.3. The molecule has 1 aromatic carbocycles. The van der Waals surface area contributed by atoms with Gasteiger partial charge in [0, 0.05) is 32.6 Å². The topological polar surface area (TPSA) is 86.4 Å². The molecule has 2 aromatic rings. The minimum atomic E-state index is -3.63. The highest BCUT2D eigenvalue weighted by Gasteiger charge is 2.33. The van der Waals surface area contributed by atoms with Crippen LogP contribution in [0.5, 0.6) is 0 Å². The minimum Gasteiger partial charge on any atom is -0.340 e. The second-order valence-corrected chi connectivity index (χ2v) is 8.55. The molecule has 3 rings (SSSR count). The average molecular weight is 394 g/mol. The van der Waals surface area contributed by atoms with E-state index in [0.29, 0.717) is 30.9 Å². The molecule has 0 saturated carbocycles.